The lowest BCUT2D eigenvalue weighted by Crippen LogP contribution is -2.35. The molecule has 0 unspecified atom stereocenters. The van der Waals surface area contributed by atoms with E-state index in [2.05, 4.69) is 15.6 Å². The number of amides is 1. The summed E-state index contributed by atoms with van der Waals surface area (Å²) in [7, 11) is 0. The maximum Gasteiger partial charge on any atom is 0.241 e. The first-order chi connectivity index (χ1) is 15.1. The first-order valence-corrected chi connectivity index (χ1v) is 10.2. The number of fused-ring (bicyclic) bond motifs is 2. The van der Waals surface area contributed by atoms with Crippen molar-refractivity contribution in [1.82, 2.24) is 10.3 Å². The monoisotopic (exact) mass is 415 g/mol. The van der Waals surface area contributed by atoms with Crippen molar-refractivity contribution in [2.24, 2.45) is 0 Å². The summed E-state index contributed by atoms with van der Waals surface area (Å²) >= 11 is 0. The van der Waals surface area contributed by atoms with E-state index in [4.69, 9.17) is 9.15 Å². The van der Waals surface area contributed by atoms with Crippen LogP contribution in [0, 0.1) is 0 Å². The highest BCUT2D eigenvalue weighted by atomic mass is 16.5. The Kier molecular flexibility index (Phi) is 5.09. The fraction of sp³-hybridized carbons (Fsp3) is 0.208. The van der Waals surface area contributed by atoms with Crippen molar-refractivity contribution in [3.05, 3.63) is 76.5 Å². The SMILES string of the molecule is O=C(Nc1ccc(COc2ccc3nc4ccc(=O)cc-4oc3c2)cc1)[C@@H]1CCCN1. The first-order valence-electron chi connectivity index (χ1n) is 10.2. The molecule has 1 amide bonds. The minimum Gasteiger partial charge on any atom is -0.489 e. The van der Waals surface area contributed by atoms with Gasteiger partial charge in [0.2, 0.25) is 5.91 Å². The molecule has 2 aromatic rings. The Bertz CT molecular complexity index is 1260. The van der Waals surface area contributed by atoms with Crippen molar-refractivity contribution >= 4 is 22.7 Å². The van der Waals surface area contributed by atoms with Crippen LogP contribution in [-0.4, -0.2) is 23.5 Å². The summed E-state index contributed by atoms with van der Waals surface area (Å²) < 4.78 is 11.7. The van der Waals surface area contributed by atoms with E-state index in [0.717, 1.165) is 30.6 Å². The van der Waals surface area contributed by atoms with E-state index in [0.29, 0.717) is 34.9 Å². The lowest BCUT2D eigenvalue weighted by Gasteiger charge is -2.12. The molecular formula is C24H21N3O4. The Morgan fingerprint density at radius 1 is 1.13 bits per heavy atom. The van der Waals surface area contributed by atoms with Crippen molar-refractivity contribution in [2.75, 3.05) is 11.9 Å². The largest absolute Gasteiger partial charge is 0.489 e. The molecule has 3 aliphatic rings. The number of nitrogens with zero attached hydrogens (tertiary/aromatic N) is 1. The molecule has 0 aromatic heterocycles. The topological polar surface area (TPSA) is 93.5 Å². The highest BCUT2D eigenvalue weighted by molar-refractivity contribution is 5.95. The molecule has 7 heteroatoms. The molecule has 1 fully saturated rings. The summed E-state index contributed by atoms with van der Waals surface area (Å²) in [5, 5.41) is 6.13. The number of anilines is 1. The molecule has 2 N–H and O–H groups in total. The van der Waals surface area contributed by atoms with Gasteiger partial charge >= 0.3 is 0 Å². The predicted molar refractivity (Wildman–Crippen MR) is 117 cm³/mol. The molecule has 31 heavy (non-hydrogen) atoms. The number of nitrogens with one attached hydrogen (secondary N) is 2. The quantitative estimate of drug-likeness (QED) is 0.484. The van der Waals surface area contributed by atoms with Gasteiger partial charge in [-0.05, 0) is 61.3 Å². The van der Waals surface area contributed by atoms with Crippen molar-refractivity contribution in [1.29, 1.82) is 0 Å². The van der Waals surface area contributed by atoms with Crippen LogP contribution in [0.4, 0.5) is 5.69 Å². The fourth-order valence-electron chi connectivity index (χ4n) is 3.66. The van der Waals surface area contributed by atoms with Crippen LogP contribution >= 0.6 is 0 Å². The predicted octanol–water partition coefficient (Wildman–Crippen LogP) is 3.56. The molecule has 1 atom stereocenters. The van der Waals surface area contributed by atoms with Crippen LogP contribution in [0.5, 0.6) is 5.75 Å². The summed E-state index contributed by atoms with van der Waals surface area (Å²) in [4.78, 5) is 28.3. The summed E-state index contributed by atoms with van der Waals surface area (Å²) in [5.74, 6) is 1.09. The molecular weight excluding hydrogens is 394 g/mol. The maximum absolute atomic E-state index is 12.2. The van der Waals surface area contributed by atoms with Gasteiger partial charge < -0.3 is 19.8 Å². The fourth-order valence-corrected chi connectivity index (χ4v) is 3.66. The van der Waals surface area contributed by atoms with Gasteiger partial charge in [-0.3, -0.25) is 9.59 Å². The van der Waals surface area contributed by atoms with Crippen LogP contribution in [-0.2, 0) is 11.4 Å². The molecule has 0 spiro atoms. The molecule has 2 heterocycles. The van der Waals surface area contributed by atoms with Gasteiger partial charge in [0.15, 0.2) is 16.8 Å². The zero-order valence-electron chi connectivity index (χ0n) is 16.8. The van der Waals surface area contributed by atoms with Gasteiger partial charge in [-0.15, -0.1) is 0 Å². The zero-order chi connectivity index (χ0) is 21.2. The minimum atomic E-state index is -0.121. The van der Waals surface area contributed by atoms with Crippen molar-refractivity contribution in [2.45, 2.75) is 25.5 Å². The van der Waals surface area contributed by atoms with E-state index in [1.807, 2.05) is 36.4 Å². The maximum atomic E-state index is 12.2. The highest BCUT2D eigenvalue weighted by Crippen LogP contribution is 2.27. The van der Waals surface area contributed by atoms with Crippen LogP contribution in [0.3, 0.4) is 0 Å². The lowest BCUT2D eigenvalue weighted by atomic mass is 10.2. The Balaban J connectivity index is 1.26. The van der Waals surface area contributed by atoms with E-state index in [-0.39, 0.29) is 17.4 Å². The van der Waals surface area contributed by atoms with E-state index >= 15 is 0 Å². The average molecular weight is 415 g/mol. The molecule has 1 aliphatic carbocycles. The minimum absolute atomic E-state index is 0.00615. The molecule has 5 rings (SSSR count). The van der Waals surface area contributed by atoms with Gasteiger partial charge in [0.1, 0.15) is 23.6 Å². The molecule has 156 valence electrons. The standard InChI is InChI=1S/C24H21N3O4/c28-17-7-9-19-22(12-17)31-23-13-18(8-10-20(23)27-19)30-14-15-3-5-16(6-4-15)26-24(29)21-2-1-11-25-21/h3-10,12-13,21,25H,1-2,11,14H2,(H,26,29)/t21-/m0/s1. The summed E-state index contributed by atoms with van der Waals surface area (Å²) in [5.41, 5.74) is 3.49. The van der Waals surface area contributed by atoms with Crippen LogP contribution in [0.1, 0.15) is 18.4 Å². The molecule has 0 radical (unpaired) electrons. The molecule has 2 aromatic carbocycles. The third-order valence-corrected chi connectivity index (χ3v) is 5.33. The number of ether oxygens (including phenoxy) is 1. The average Bonchev–Trinajstić information content (AvgIpc) is 3.32. The number of benzene rings is 3. The van der Waals surface area contributed by atoms with Gasteiger partial charge in [0.25, 0.3) is 0 Å². The van der Waals surface area contributed by atoms with Gasteiger partial charge in [0.05, 0.1) is 6.04 Å². The Hall–Kier alpha value is -3.71. The third-order valence-electron chi connectivity index (χ3n) is 5.33. The summed E-state index contributed by atoms with van der Waals surface area (Å²) in [6, 6.07) is 17.5. The molecule has 0 bridgehead atoms. The third kappa shape index (κ3) is 4.27. The van der Waals surface area contributed by atoms with Crippen LogP contribution in [0.15, 0.2) is 69.9 Å². The number of hydrogen-bond acceptors (Lipinski definition) is 6. The van der Waals surface area contributed by atoms with Crippen LogP contribution in [0.25, 0.3) is 22.6 Å². The molecule has 2 aliphatic heterocycles. The number of rotatable bonds is 5. The van der Waals surface area contributed by atoms with E-state index in [1.54, 1.807) is 12.1 Å². The van der Waals surface area contributed by atoms with E-state index < -0.39 is 0 Å². The van der Waals surface area contributed by atoms with Gasteiger partial charge in [0, 0.05) is 17.8 Å². The second-order valence-corrected chi connectivity index (χ2v) is 7.60. The second-order valence-electron chi connectivity index (χ2n) is 7.60. The molecule has 0 saturated carbocycles. The zero-order valence-corrected chi connectivity index (χ0v) is 16.8. The van der Waals surface area contributed by atoms with Gasteiger partial charge in [-0.1, -0.05) is 12.1 Å². The number of carbonyl (C=O) groups excluding carboxylic acids is 1. The Morgan fingerprint density at radius 3 is 2.81 bits per heavy atom. The van der Waals surface area contributed by atoms with Crippen molar-refractivity contribution in [3.63, 3.8) is 0 Å². The van der Waals surface area contributed by atoms with Crippen LogP contribution in [0.2, 0.25) is 0 Å². The van der Waals surface area contributed by atoms with E-state index in [1.165, 1.54) is 12.1 Å². The number of carbonyl (C=O) groups is 1. The smallest absolute Gasteiger partial charge is 0.241 e. The van der Waals surface area contributed by atoms with Crippen LogP contribution < -0.4 is 20.8 Å². The van der Waals surface area contributed by atoms with E-state index in [9.17, 15) is 9.59 Å². The summed E-state index contributed by atoms with van der Waals surface area (Å²) in [6.07, 6.45) is 1.90. The molecule has 7 nitrogen and oxygen atoms in total. The Labute approximate surface area is 178 Å². The summed E-state index contributed by atoms with van der Waals surface area (Å²) in [6.45, 7) is 1.26. The highest BCUT2D eigenvalue weighted by Gasteiger charge is 2.21. The number of hydrogen-bond donors (Lipinski definition) is 2. The normalized spacial score (nSPS) is 15.9. The second kappa shape index (κ2) is 8.20. The van der Waals surface area contributed by atoms with Crippen molar-refractivity contribution < 1.29 is 13.9 Å². The van der Waals surface area contributed by atoms with Crippen molar-refractivity contribution in [3.8, 4) is 17.2 Å². The lowest BCUT2D eigenvalue weighted by molar-refractivity contribution is -0.117. The van der Waals surface area contributed by atoms with Gasteiger partial charge in [-0.25, -0.2) is 4.98 Å². The number of aromatic nitrogens is 1. The Morgan fingerprint density at radius 2 is 2.00 bits per heavy atom. The molecule has 1 saturated heterocycles. The van der Waals surface area contributed by atoms with Gasteiger partial charge in [-0.2, -0.15) is 0 Å². The first kappa shape index (κ1) is 19.3.